The Morgan fingerprint density at radius 3 is 3.11 bits per heavy atom. The van der Waals surface area contributed by atoms with E-state index in [9.17, 15) is 0 Å². The fourth-order valence-electron chi connectivity index (χ4n) is 0.693. The van der Waals surface area contributed by atoms with E-state index in [4.69, 9.17) is 5.11 Å². The Morgan fingerprint density at radius 1 is 1.67 bits per heavy atom. The van der Waals surface area contributed by atoms with Crippen molar-refractivity contribution in [3.8, 4) is 0 Å². The maximum Gasteiger partial charge on any atom is 0.0490 e. The van der Waals surface area contributed by atoms with Crippen LogP contribution in [-0.2, 0) is 6.42 Å². The van der Waals surface area contributed by atoms with E-state index in [1.54, 1.807) is 6.20 Å². The van der Waals surface area contributed by atoms with Crippen molar-refractivity contribution in [2.24, 2.45) is 0 Å². The molecule has 3 heteroatoms. The SMILES string of the molecule is OCCCc1ccn[nH]1. The molecule has 1 aromatic rings. The number of aromatic amines is 1. The monoisotopic (exact) mass is 126 g/mol. The van der Waals surface area contributed by atoms with Crippen molar-refractivity contribution in [2.75, 3.05) is 6.61 Å². The highest BCUT2D eigenvalue weighted by Crippen LogP contribution is 1.94. The van der Waals surface area contributed by atoms with Gasteiger partial charge in [-0.2, -0.15) is 5.10 Å². The molecule has 0 amide bonds. The van der Waals surface area contributed by atoms with E-state index >= 15 is 0 Å². The van der Waals surface area contributed by atoms with Crippen LogP contribution < -0.4 is 0 Å². The molecule has 0 aliphatic heterocycles. The lowest BCUT2D eigenvalue weighted by Gasteiger charge is -1.90. The van der Waals surface area contributed by atoms with Crippen LogP contribution >= 0.6 is 0 Å². The van der Waals surface area contributed by atoms with Gasteiger partial charge in [0.15, 0.2) is 0 Å². The Kier molecular flexibility index (Phi) is 2.27. The molecule has 0 aliphatic carbocycles. The molecule has 3 nitrogen and oxygen atoms in total. The zero-order chi connectivity index (χ0) is 6.53. The second-order valence-corrected chi connectivity index (χ2v) is 1.91. The number of nitrogens with zero attached hydrogens (tertiary/aromatic N) is 1. The maximum atomic E-state index is 8.43. The predicted octanol–water partition coefficient (Wildman–Crippen LogP) is 0.335. The summed E-state index contributed by atoms with van der Waals surface area (Å²) < 4.78 is 0. The van der Waals surface area contributed by atoms with Crippen molar-refractivity contribution in [3.63, 3.8) is 0 Å². The van der Waals surface area contributed by atoms with Crippen molar-refractivity contribution in [1.29, 1.82) is 0 Å². The van der Waals surface area contributed by atoms with Crippen LogP contribution in [-0.4, -0.2) is 21.9 Å². The standard InChI is InChI=1S/C6H10N2O/c9-5-1-2-6-3-4-7-8-6/h3-4,9H,1-2,5H2,(H,7,8). The van der Waals surface area contributed by atoms with Crippen molar-refractivity contribution in [3.05, 3.63) is 18.0 Å². The van der Waals surface area contributed by atoms with E-state index in [1.807, 2.05) is 6.07 Å². The normalized spacial score (nSPS) is 9.89. The van der Waals surface area contributed by atoms with Gasteiger partial charge in [-0.15, -0.1) is 0 Å². The largest absolute Gasteiger partial charge is 0.396 e. The highest BCUT2D eigenvalue weighted by Gasteiger charge is 1.90. The molecule has 1 aromatic heterocycles. The Labute approximate surface area is 53.7 Å². The Morgan fingerprint density at radius 2 is 2.56 bits per heavy atom. The third-order valence-electron chi connectivity index (χ3n) is 1.16. The highest BCUT2D eigenvalue weighted by atomic mass is 16.2. The molecule has 0 bridgehead atoms. The predicted molar refractivity (Wildman–Crippen MR) is 34.0 cm³/mol. The average molecular weight is 126 g/mol. The fraction of sp³-hybridized carbons (Fsp3) is 0.500. The van der Waals surface area contributed by atoms with Gasteiger partial charge < -0.3 is 5.11 Å². The van der Waals surface area contributed by atoms with Crippen LogP contribution in [0.4, 0.5) is 0 Å². The molecule has 0 unspecified atom stereocenters. The van der Waals surface area contributed by atoms with Gasteiger partial charge in [-0.25, -0.2) is 0 Å². The zero-order valence-electron chi connectivity index (χ0n) is 5.17. The van der Waals surface area contributed by atoms with Gasteiger partial charge in [-0.1, -0.05) is 0 Å². The van der Waals surface area contributed by atoms with Crippen LogP contribution in [0.15, 0.2) is 12.3 Å². The number of aromatic nitrogens is 2. The molecular formula is C6H10N2O. The summed E-state index contributed by atoms with van der Waals surface area (Å²) in [6.07, 6.45) is 3.41. The first-order chi connectivity index (χ1) is 4.43. The molecule has 9 heavy (non-hydrogen) atoms. The van der Waals surface area contributed by atoms with E-state index in [0.29, 0.717) is 0 Å². The molecule has 0 radical (unpaired) electrons. The second kappa shape index (κ2) is 3.25. The van der Waals surface area contributed by atoms with Gasteiger partial charge in [-0.3, -0.25) is 5.10 Å². The van der Waals surface area contributed by atoms with Gasteiger partial charge >= 0.3 is 0 Å². The van der Waals surface area contributed by atoms with E-state index < -0.39 is 0 Å². The minimum atomic E-state index is 0.249. The van der Waals surface area contributed by atoms with Crippen LogP contribution in [0.1, 0.15) is 12.1 Å². The lowest BCUT2D eigenvalue weighted by molar-refractivity contribution is 0.288. The Hall–Kier alpha value is -0.830. The van der Waals surface area contributed by atoms with Gasteiger partial charge in [0.1, 0.15) is 0 Å². The quantitative estimate of drug-likeness (QED) is 0.613. The molecule has 0 saturated carbocycles. The Bertz CT molecular complexity index is 148. The minimum absolute atomic E-state index is 0.249. The number of hydrogen-bond acceptors (Lipinski definition) is 2. The summed E-state index contributed by atoms with van der Waals surface area (Å²) in [6, 6.07) is 1.91. The summed E-state index contributed by atoms with van der Waals surface area (Å²) in [5, 5.41) is 15.0. The maximum absolute atomic E-state index is 8.43. The van der Waals surface area contributed by atoms with E-state index in [2.05, 4.69) is 10.2 Å². The molecule has 1 rings (SSSR count). The summed E-state index contributed by atoms with van der Waals surface area (Å²) in [6.45, 7) is 0.249. The number of rotatable bonds is 3. The van der Waals surface area contributed by atoms with Gasteiger partial charge in [0.05, 0.1) is 0 Å². The first-order valence-corrected chi connectivity index (χ1v) is 3.02. The van der Waals surface area contributed by atoms with Crippen LogP contribution in [0, 0.1) is 0 Å². The summed E-state index contributed by atoms with van der Waals surface area (Å²) in [5.41, 5.74) is 1.09. The van der Waals surface area contributed by atoms with Crippen LogP contribution in [0.25, 0.3) is 0 Å². The third-order valence-corrected chi connectivity index (χ3v) is 1.16. The topological polar surface area (TPSA) is 48.9 Å². The van der Waals surface area contributed by atoms with Crippen molar-refractivity contribution in [2.45, 2.75) is 12.8 Å². The molecule has 0 atom stereocenters. The van der Waals surface area contributed by atoms with Crippen molar-refractivity contribution < 1.29 is 5.11 Å². The zero-order valence-corrected chi connectivity index (χ0v) is 5.17. The summed E-state index contributed by atoms with van der Waals surface area (Å²) >= 11 is 0. The number of aryl methyl sites for hydroxylation is 1. The summed E-state index contributed by atoms with van der Waals surface area (Å²) in [4.78, 5) is 0. The van der Waals surface area contributed by atoms with Gasteiger partial charge in [0, 0.05) is 18.5 Å². The highest BCUT2D eigenvalue weighted by molar-refractivity contribution is 4.96. The number of hydrogen-bond donors (Lipinski definition) is 2. The van der Waals surface area contributed by atoms with E-state index in [1.165, 1.54) is 0 Å². The molecule has 0 aliphatic rings. The van der Waals surface area contributed by atoms with E-state index in [-0.39, 0.29) is 6.61 Å². The third kappa shape index (κ3) is 1.85. The second-order valence-electron chi connectivity index (χ2n) is 1.91. The average Bonchev–Trinajstić information content (AvgIpc) is 2.34. The van der Waals surface area contributed by atoms with Gasteiger partial charge in [0.25, 0.3) is 0 Å². The smallest absolute Gasteiger partial charge is 0.0490 e. The van der Waals surface area contributed by atoms with Crippen molar-refractivity contribution in [1.82, 2.24) is 10.2 Å². The van der Waals surface area contributed by atoms with Crippen LogP contribution in [0.2, 0.25) is 0 Å². The lowest BCUT2D eigenvalue weighted by Crippen LogP contribution is -1.88. The molecule has 0 fully saturated rings. The Balaban J connectivity index is 2.30. The molecule has 2 N–H and O–H groups in total. The molecule has 0 spiro atoms. The first-order valence-electron chi connectivity index (χ1n) is 3.02. The first kappa shape index (κ1) is 6.29. The van der Waals surface area contributed by atoms with Gasteiger partial charge in [-0.05, 0) is 18.9 Å². The van der Waals surface area contributed by atoms with Crippen molar-refractivity contribution >= 4 is 0 Å². The molecule has 0 saturated heterocycles. The summed E-state index contributed by atoms with van der Waals surface area (Å²) in [7, 11) is 0. The minimum Gasteiger partial charge on any atom is -0.396 e. The molecule has 0 aromatic carbocycles. The molecule has 1 heterocycles. The number of aliphatic hydroxyl groups excluding tert-OH is 1. The van der Waals surface area contributed by atoms with Crippen LogP contribution in [0.5, 0.6) is 0 Å². The van der Waals surface area contributed by atoms with Gasteiger partial charge in [0.2, 0.25) is 0 Å². The lowest BCUT2D eigenvalue weighted by atomic mass is 10.2. The van der Waals surface area contributed by atoms with E-state index in [0.717, 1.165) is 18.5 Å². The number of H-pyrrole nitrogens is 1. The summed E-state index contributed by atoms with van der Waals surface area (Å²) in [5.74, 6) is 0. The molecular weight excluding hydrogens is 116 g/mol. The molecule has 50 valence electrons. The number of nitrogens with one attached hydrogen (secondary N) is 1. The number of aliphatic hydroxyl groups is 1. The van der Waals surface area contributed by atoms with Crippen LogP contribution in [0.3, 0.4) is 0 Å². The fourth-order valence-corrected chi connectivity index (χ4v) is 0.693.